The number of carbonyl (C=O) groups excluding carboxylic acids is 2. The molecule has 0 aliphatic heterocycles. The molecule has 2 fully saturated rings. The summed E-state index contributed by atoms with van der Waals surface area (Å²) in [6.07, 6.45) is 1.64. The third-order valence-corrected chi connectivity index (χ3v) is 7.96. The zero-order valence-corrected chi connectivity index (χ0v) is 14.9. The Kier molecular flexibility index (Phi) is 2.29. The second kappa shape index (κ2) is 4.01. The molecule has 0 saturated heterocycles. The van der Waals surface area contributed by atoms with Gasteiger partial charge in [-0.15, -0.1) is 0 Å². The van der Waals surface area contributed by atoms with Crippen LogP contribution in [0.4, 0.5) is 0 Å². The van der Waals surface area contributed by atoms with E-state index in [0.29, 0.717) is 0 Å². The van der Waals surface area contributed by atoms with Crippen LogP contribution in [-0.2, 0) is 21.4 Å². The Morgan fingerprint density at radius 3 is 2.50 bits per heavy atom. The van der Waals surface area contributed by atoms with Gasteiger partial charge in [0.1, 0.15) is 5.60 Å². The number of aliphatic hydroxyl groups is 1. The lowest BCUT2D eigenvalue weighted by Crippen LogP contribution is -2.53. The maximum atomic E-state index is 13.4. The fourth-order valence-corrected chi connectivity index (χ4v) is 6.77. The van der Waals surface area contributed by atoms with Gasteiger partial charge in [-0.2, -0.15) is 0 Å². The fraction of sp³-hybridized carbons (Fsp3) is 0.391. The van der Waals surface area contributed by atoms with E-state index >= 15 is 0 Å². The van der Waals surface area contributed by atoms with Crippen LogP contribution < -0.4 is 0 Å². The molecule has 0 heterocycles. The number of fused-ring (bicyclic) bond motifs is 4. The minimum atomic E-state index is -1.61. The number of aryl methyl sites for hydroxylation is 1. The van der Waals surface area contributed by atoms with Gasteiger partial charge in [-0.1, -0.05) is 49.4 Å². The van der Waals surface area contributed by atoms with Crippen LogP contribution in [0, 0.1) is 11.3 Å². The van der Waals surface area contributed by atoms with Crippen LogP contribution in [0.25, 0.3) is 11.1 Å². The van der Waals surface area contributed by atoms with E-state index in [1.54, 1.807) is 6.92 Å². The highest BCUT2D eigenvalue weighted by atomic mass is 16.3. The molecule has 4 aliphatic carbocycles. The highest BCUT2D eigenvalue weighted by molar-refractivity contribution is 6.17. The monoisotopic (exact) mass is 344 g/mol. The van der Waals surface area contributed by atoms with Crippen molar-refractivity contribution >= 4 is 11.6 Å². The minimum Gasteiger partial charge on any atom is -0.381 e. The van der Waals surface area contributed by atoms with E-state index in [9.17, 15) is 14.7 Å². The number of ketones is 2. The van der Waals surface area contributed by atoms with Crippen molar-refractivity contribution in [3.8, 4) is 11.1 Å². The second-order valence-corrected chi connectivity index (χ2v) is 8.84. The molecule has 6 rings (SSSR count). The number of rotatable bonds is 0. The van der Waals surface area contributed by atoms with E-state index < -0.39 is 28.3 Å². The lowest BCUT2D eigenvalue weighted by molar-refractivity contribution is -0.153. The first-order valence-corrected chi connectivity index (χ1v) is 9.39. The number of Topliss-reactive ketones (excluding diaryl/α,β-unsaturated/α-hetero) is 2. The Labute approximate surface area is 152 Å². The van der Waals surface area contributed by atoms with E-state index in [4.69, 9.17) is 0 Å². The van der Waals surface area contributed by atoms with Crippen molar-refractivity contribution in [3.05, 3.63) is 59.2 Å². The molecule has 130 valence electrons. The zero-order valence-electron chi connectivity index (χ0n) is 14.9. The largest absolute Gasteiger partial charge is 0.381 e. The lowest BCUT2D eigenvalue weighted by Gasteiger charge is -2.41. The third kappa shape index (κ3) is 1.21. The first-order chi connectivity index (χ1) is 12.4. The van der Waals surface area contributed by atoms with Crippen molar-refractivity contribution in [2.75, 3.05) is 0 Å². The first kappa shape index (κ1) is 14.9. The Bertz CT molecular complexity index is 1050. The molecule has 0 amide bonds. The highest BCUT2D eigenvalue weighted by Gasteiger charge is 2.88. The number of benzene rings is 2. The number of hydrogen-bond donors (Lipinski definition) is 1. The van der Waals surface area contributed by atoms with E-state index in [-0.39, 0.29) is 11.6 Å². The van der Waals surface area contributed by atoms with Gasteiger partial charge in [0.25, 0.3) is 0 Å². The van der Waals surface area contributed by atoms with Crippen LogP contribution in [0.1, 0.15) is 42.9 Å². The normalized spacial score (nSPS) is 41.2. The van der Waals surface area contributed by atoms with Crippen LogP contribution in [0.2, 0.25) is 0 Å². The maximum absolute atomic E-state index is 13.4. The van der Waals surface area contributed by atoms with Crippen molar-refractivity contribution in [1.82, 2.24) is 0 Å². The quantitative estimate of drug-likeness (QED) is 0.799. The predicted octanol–water partition coefficient (Wildman–Crippen LogP) is 3.17. The van der Waals surface area contributed by atoms with Crippen LogP contribution in [0.3, 0.4) is 0 Å². The molecule has 2 bridgehead atoms. The molecule has 2 saturated carbocycles. The summed E-state index contributed by atoms with van der Waals surface area (Å²) in [4.78, 5) is 26.7. The van der Waals surface area contributed by atoms with Crippen LogP contribution in [0.5, 0.6) is 0 Å². The van der Waals surface area contributed by atoms with Crippen molar-refractivity contribution in [2.45, 2.75) is 43.6 Å². The van der Waals surface area contributed by atoms with Crippen LogP contribution in [0.15, 0.2) is 42.5 Å². The summed E-state index contributed by atoms with van der Waals surface area (Å²) in [5.74, 6) is -1.22. The van der Waals surface area contributed by atoms with E-state index in [1.165, 1.54) is 11.1 Å². The molecule has 1 N–H and O–H groups in total. The predicted molar refractivity (Wildman–Crippen MR) is 96.9 cm³/mol. The SMILES string of the molecule is C[C@]1(O)C(=O)C2C34CCc5ccccc5-c5cccc(c53)C1C(=O)[C@]24C. The molecule has 5 atom stereocenters. The molecule has 4 aliphatic rings. The molecule has 3 nitrogen and oxygen atoms in total. The van der Waals surface area contributed by atoms with Crippen molar-refractivity contribution in [2.24, 2.45) is 11.3 Å². The Morgan fingerprint density at radius 1 is 0.962 bits per heavy atom. The third-order valence-electron chi connectivity index (χ3n) is 7.96. The summed E-state index contributed by atoms with van der Waals surface area (Å²) in [6.45, 7) is 3.51. The molecule has 1 spiro atoms. The first-order valence-electron chi connectivity index (χ1n) is 9.39. The Morgan fingerprint density at radius 2 is 1.69 bits per heavy atom. The van der Waals surface area contributed by atoms with Gasteiger partial charge in [-0.25, -0.2) is 0 Å². The summed E-state index contributed by atoms with van der Waals surface area (Å²) in [5, 5.41) is 11.1. The van der Waals surface area contributed by atoms with Gasteiger partial charge in [0.05, 0.1) is 5.92 Å². The maximum Gasteiger partial charge on any atom is 0.170 e. The topological polar surface area (TPSA) is 54.4 Å². The lowest BCUT2D eigenvalue weighted by atomic mass is 9.62. The highest BCUT2D eigenvalue weighted by Crippen LogP contribution is 2.81. The molecular formula is C23H20O3. The molecule has 3 unspecified atom stereocenters. The van der Waals surface area contributed by atoms with Gasteiger partial charge in [-0.3, -0.25) is 9.59 Å². The van der Waals surface area contributed by atoms with Gasteiger partial charge < -0.3 is 5.11 Å². The molecule has 2 aromatic carbocycles. The van der Waals surface area contributed by atoms with Gasteiger partial charge in [0.2, 0.25) is 0 Å². The van der Waals surface area contributed by atoms with Crippen molar-refractivity contribution in [1.29, 1.82) is 0 Å². The smallest absolute Gasteiger partial charge is 0.170 e. The summed E-state index contributed by atoms with van der Waals surface area (Å²) in [7, 11) is 0. The van der Waals surface area contributed by atoms with Gasteiger partial charge >= 0.3 is 0 Å². The number of hydrogen-bond acceptors (Lipinski definition) is 3. The average molecular weight is 344 g/mol. The van der Waals surface area contributed by atoms with Gasteiger partial charge in [-0.05, 0) is 47.6 Å². The Hall–Kier alpha value is -2.26. The molecule has 3 heteroatoms. The van der Waals surface area contributed by atoms with Crippen LogP contribution >= 0.6 is 0 Å². The van der Waals surface area contributed by atoms with Crippen LogP contribution in [-0.4, -0.2) is 22.3 Å². The van der Waals surface area contributed by atoms with E-state index in [1.807, 2.05) is 25.1 Å². The van der Waals surface area contributed by atoms with Crippen molar-refractivity contribution < 1.29 is 14.7 Å². The zero-order chi connectivity index (χ0) is 18.1. The summed E-state index contributed by atoms with van der Waals surface area (Å²) in [5.41, 5.74) is 2.94. The molecule has 0 radical (unpaired) electrons. The standard InChI is InChI=1S/C23H20O3/c1-21-18-20(25)22(2,26)17(19(21)24)15-9-5-8-14-13-7-4-3-6-12(13)10-11-23(18,21)16(14)15/h3-9,17-18,26H,10-11H2,1-2H3/t17?,18?,21-,22+,23?/m0/s1. The van der Waals surface area contributed by atoms with Gasteiger partial charge in [0.15, 0.2) is 11.6 Å². The average Bonchev–Trinajstić information content (AvgIpc) is 3.25. The van der Waals surface area contributed by atoms with E-state index in [2.05, 4.69) is 24.3 Å². The second-order valence-electron chi connectivity index (χ2n) is 8.84. The van der Waals surface area contributed by atoms with E-state index in [0.717, 1.165) is 29.5 Å². The number of carbonyl (C=O) groups is 2. The molecule has 26 heavy (non-hydrogen) atoms. The van der Waals surface area contributed by atoms with Crippen molar-refractivity contribution in [3.63, 3.8) is 0 Å². The van der Waals surface area contributed by atoms with Gasteiger partial charge in [0, 0.05) is 16.7 Å². The summed E-state index contributed by atoms with van der Waals surface area (Å²) < 4.78 is 0. The minimum absolute atomic E-state index is 0.0581. The molecule has 0 aromatic heterocycles. The Balaban J connectivity index is 1.78. The summed E-state index contributed by atoms with van der Waals surface area (Å²) in [6, 6.07) is 14.4. The molecule has 2 aromatic rings. The summed E-state index contributed by atoms with van der Waals surface area (Å²) >= 11 is 0. The fourth-order valence-electron chi connectivity index (χ4n) is 6.77. The molecular weight excluding hydrogens is 324 g/mol.